The van der Waals surface area contributed by atoms with Crippen LogP contribution in [0, 0.1) is 5.92 Å². The zero-order valence-corrected chi connectivity index (χ0v) is 6.61. The first-order chi connectivity index (χ1) is 5.20. The van der Waals surface area contributed by atoms with Crippen molar-refractivity contribution in [2.24, 2.45) is 5.92 Å². The Kier molecular flexibility index (Phi) is 1.40. The molecule has 2 saturated heterocycles. The van der Waals surface area contributed by atoms with Gasteiger partial charge in [-0.1, -0.05) is 0 Å². The first-order valence-electron chi connectivity index (χ1n) is 3.76. The Hall–Kier alpha value is -0.610. The van der Waals surface area contributed by atoms with Gasteiger partial charge in [0.1, 0.15) is 12.1 Å². The molecule has 0 N–H and O–H groups in total. The zero-order valence-electron chi connectivity index (χ0n) is 6.61. The number of cyclic esters (lactones) is 1. The highest BCUT2D eigenvalue weighted by Crippen LogP contribution is 2.31. The van der Waals surface area contributed by atoms with Gasteiger partial charge in [-0.2, -0.15) is 5.06 Å². The molecule has 2 aliphatic heterocycles. The summed E-state index contributed by atoms with van der Waals surface area (Å²) in [6, 6.07) is -0.162. The maximum Gasteiger partial charge on any atom is 0.326 e. The molecule has 0 saturated carbocycles. The van der Waals surface area contributed by atoms with E-state index in [-0.39, 0.29) is 24.0 Å². The summed E-state index contributed by atoms with van der Waals surface area (Å²) in [5.74, 6) is 0.0787. The van der Waals surface area contributed by atoms with Crippen LogP contribution in [0.1, 0.15) is 6.92 Å². The lowest BCUT2D eigenvalue weighted by Gasteiger charge is -2.10. The molecule has 4 heteroatoms. The molecule has 0 aromatic rings. The molecule has 2 heterocycles. The van der Waals surface area contributed by atoms with Gasteiger partial charge in [0.05, 0.1) is 6.61 Å². The number of carbonyl (C=O) groups excluding carboxylic acids is 1. The van der Waals surface area contributed by atoms with Crippen molar-refractivity contribution >= 4 is 5.97 Å². The molecule has 0 unspecified atom stereocenters. The second kappa shape index (κ2) is 2.19. The van der Waals surface area contributed by atoms with E-state index in [2.05, 4.69) is 0 Å². The van der Waals surface area contributed by atoms with Gasteiger partial charge in [0.2, 0.25) is 0 Å². The number of hydroxylamine groups is 2. The molecule has 3 atom stereocenters. The number of likely N-dealkylation sites (N-methyl/N-ethyl adjacent to an activating group) is 1. The van der Waals surface area contributed by atoms with Gasteiger partial charge >= 0.3 is 5.97 Å². The number of esters is 1. The number of rotatable bonds is 0. The predicted molar refractivity (Wildman–Crippen MR) is 36.5 cm³/mol. The van der Waals surface area contributed by atoms with E-state index in [9.17, 15) is 4.79 Å². The van der Waals surface area contributed by atoms with Crippen LogP contribution < -0.4 is 0 Å². The summed E-state index contributed by atoms with van der Waals surface area (Å²) >= 11 is 0. The molecule has 2 aliphatic rings. The molecule has 62 valence electrons. The highest BCUT2D eigenvalue weighted by atomic mass is 16.7. The topological polar surface area (TPSA) is 38.8 Å². The maximum atomic E-state index is 11.1. The summed E-state index contributed by atoms with van der Waals surface area (Å²) in [7, 11) is 1.77. The standard InChI is InChI=1S/C7H11NO3/c1-4-5-3-10-8(2)6(5)7(9)11-4/h4-6H,3H2,1-2H3/t4-,5-,6-/m1/s1. The fourth-order valence-electron chi connectivity index (χ4n) is 1.70. The van der Waals surface area contributed by atoms with Crippen LogP contribution in [0.3, 0.4) is 0 Å². The molecule has 2 rings (SSSR count). The van der Waals surface area contributed by atoms with Crippen molar-refractivity contribution in [3.8, 4) is 0 Å². The first kappa shape index (κ1) is 7.06. The molecular formula is C7H11NO3. The number of nitrogens with zero attached hydrogens (tertiary/aromatic N) is 1. The Labute approximate surface area is 65.0 Å². The van der Waals surface area contributed by atoms with Gasteiger partial charge in [-0.3, -0.25) is 9.63 Å². The van der Waals surface area contributed by atoms with Crippen LogP contribution in [0.25, 0.3) is 0 Å². The molecule has 0 bridgehead atoms. The van der Waals surface area contributed by atoms with Gasteiger partial charge in [-0.05, 0) is 6.92 Å². The van der Waals surface area contributed by atoms with Crippen molar-refractivity contribution in [1.82, 2.24) is 5.06 Å². The Morgan fingerprint density at radius 2 is 2.36 bits per heavy atom. The number of hydrogen-bond acceptors (Lipinski definition) is 4. The Balaban J connectivity index is 2.22. The summed E-state index contributed by atoms with van der Waals surface area (Å²) in [6.07, 6.45) is 0.0115. The van der Waals surface area contributed by atoms with Crippen LogP contribution in [0.15, 0.2) is 0 Å². The van der Waals surface area contributed by atoms with E-state index in [1.54, 1.807) is 12.1 Å². The molecule has 2 fully saturated rings. The van der Waals surface area contributed by atoms with Gasteiger partial charge in [0.15, 0.2) is 0 Å². The highest BCUT2D eigenvalue weighted by Gasteiger charge is 2.49. The van der Waals surface area contributed by atoms with Crippen molar-refractivity contribution in [3.05, 3.63) is 0 Å². The van der Waals surface area contributed by atoms with Crippen LogP contribution in [0.4, 0.5) is 0 Å². The largest absolute Gasteiger partial charge is 0.461 e. The average molecular weight is 157 g/mol. The van der Waals surface area contributed by atoms with E-state index in [0.29, 0.717) is 6.61 Å². The Morgan fingerprint density at radius 3 is 3.00 bits per heavy atom. The molecule has 0 spiro atoms. The minimum atomic E-state index is -0.162. The summed E-state index contributed by atoms with van der Waals surface area (Å²) in [5.41, 5.74) is 0. The molecule has 0 aromatic carbocycles. The minimum absolute atomic E-state index is 0.0115. The summed E-state index contributed by atoms with van der Waals surface area (Å²) in [5, 5.41) is 1.59. The summed E-state index contributed by atoms with van der Waals surface area (Å²) in [6.45, 7) is 2.51. The fourth-order valence-corrected chi connectivity index (χ4v) is 1.70. The molecular weight excluding hydrogens is 146 g/mol. The fraction of sp³-hybridized carbons (Fsp3) is 0.857. The van der Waals surface area contributed by atoms with E-state index in [1.807, 2.05) is 6.92 Å². The monoisotopic (exact) mass is 157 g/mol. The third-order valence-electron chi connectivity index (χ3n) is 2.41. The van der Waals surface area contributed by atoms with Gasteiger partial charge in [-0.15, -0.1) is 0 Å². The highest BCUT2D eigenvalue weighted by molar-refractivity contribution is 5.78. The van der Waals surface area contributed by atoms with Gasteiger partial charge in [0, 0.05) is 13.0 Å². The van der Waals surface area contributed by atoms with Gasteiger partial charge in [-0.25, -0.2) is 0 Å². The summed E-state index contributed by atoms with van der Waals surface area (Å²) < 4.78 is 5.04. The number of fused-ring (bicyclic) bond motifs is 1. The number of ether oxygens (including phenoxy) is 1. The van der Waals surface area contributed by atoms with Crippen molar-refractivity contribution in [3.63, 3.8) is 0 Å². The lowest BCUT2D eigenvalue weighted by molar-refractivity contribution is -0.163. The van der Waals surface area contributed by atoms with Crippen LogP contribution in [-0.2, 0) is 14.4 Å². The molecule has 0 aliphatic carbocycles. The van der Waals surface area contributed by atoms with Crippen molar-refractivity contribution in [2.75, 3.05) is 13.7 Å². The zero-order chi connectivity index (χ0) is 8.01. The van der Waals surface area contributed by atoms with E-state index in [0.717, 1.165) is 0 Å². The lowest BCUT2D eigenvalue weighted by Crippen LogP contribution is -2.32. The number of hydrogen-bond donors (Lipinski definition) is 0. The lowest BCUT2D eigenvalue weighted by atomic mass is 10.0. The van der Waals surface area contributed by atoms with E-state index >= 15 is 0 Å². The smallest absolute Gasteiger partial charge is 0.326 e. The quantitative estimate of drug-likeness (QED) is 0.456. The van der Waals surface area contributed by atoms with Crippen molar-refractivity contribution < 1.29 is 14.4 Å². The van der Waals surface area contributed by atoms with E-state index < -0.39 is 0 Å². The molecule has 0 aromatic heterocycles. The third-order valence-corrected chi connectivity index (χ3v) is 2.41. The first-order valence-corrected chi connectivity index (χ1v) is 3.76. The average Bonchev–Trinajstić information content (AvgIpc) is 2.41. The predicted octanol–water partition coefficient (Wildman–Crippen LogP) is -0.207. The second-order valence-corrected chi connectivity index (χ2v) is 3.09. The molecule has 11 heavy (non-hydrogen) atoms. The third kappa shape index (κ3) is 0.862. The SMILES string of the molecule is C[C@H]1OC(=O)[C@H]2[C@@H]1CON2C. The van der Waals surface area contributed by atoms with Gasteiger partial charge < -0.3 is 4.74 Å². The van der Waals surface area contributed by atoms with Crippen molar-refractivity contribution in [2.45, 2.75) is 19.1 Å². The maximum absolute atomic E-state index is 11.1. The van der Waals surface area contributed by atoms with Gasteiger partial charge in [0.25, 0.3) is 0 Å². The van der Waals surface area contributed by atoms with E-state index in [1.165, 1.54) is 0 Å². The normalized spacial score (nSPS) is 44.2. The van der Waals surface area contributed by atoms with Crippen LogP contribution in [-0.4, -0.2) is 36.8 Å². The Bertz CT molecular complexity index is 194. The minimum Gasteiger partial charge on any atom is -0.461 e. The van der Waals surface area contributed by atoms with Crippen LogP contribution in [0.5, 0.6) is 0 Å². The molecule has 0 radical (unpaired) electrons. The molecule has 4 nitrogen and oxygen atoms in total. The van der Waals surface area contributed by atoms with Crippen LogP contribution >= 0.6 is 0 Å². The van der Waals surface area contributed by atoms with Crippen LogP contribution in [0.2, 0.25) is 0 Å². The van der Waals surface area contributed by atoms with Crippen molar-refractivity contribution in [1.29, 1.82) is 0 Å². The molecule has 0 amide bonds. The summed E-state index contributed by atoms with van der Waals surface area (Å²) in [4.78, 5) is 16.3. The number of carbonyl (C=O) groups is 1. The van der Waals surface area contributed by atoms with E-state index in [4.69, 9.17) is 9.57 Å². The second-order valence-electron chi connectivity index (χ2n) is 3.09. The Morgan fingerprint density at radius 1 is 1.64 bits per heavy atom.